The monoisotopic (exact) mass is 341 g/mol. The Hall–Kier alpha value is -1.48. The Morgan fingerprint density at radius 3 is 3.00 bits per heavy atom. The van der Waals surface area contributed by atoms with Crippen molar-refractivity contribution in [1.82, 2.24) is 25.2 Å². The molecule has 0 bridgehead atoms. The van der Waals surface area contributed by atoms with E-state index in [2.05, 4.69) is 36.4 Å². The third kappa shape index (κ3) is 2.61. The summed E-state index contributed by atoms with van der Waals surface area (Å²) in [5.74, 6) is -1.03. The van der Waals surface area contributed by atoms with Gasteiger partial charge in [-0.25, -0.2) is 14.5 Å². The zero-order chi connectivity index (χ0) is 13.4. The third-order valence-electron chi connectivity index (χ3n) is 2.59. The standard InChI is InChI=1S/C10H8BrN5O2S/c11-5-3-7(9(17)18)8(12-4-5)19-10-13-14-15-16(10)6-1-2-6/h3-4,6H,1-2H2,(H,17,18). The fourth-order valence-electron chi connectivity index (χ4n) is 1.55. The van der Waals surface area contributed by atoms with Crippen molar-refractivity contribution in [1.29, 1.82) is 0 Å². The molecule has 2 aromatic heterocycles. The molecule has 98 valence electrons. The predicted octanol–water partition coefficient (Wildman–Crippen LogP) is 2.01. The van der Waals surface area contributed by atoms with Crippen LogP contribution in [0.15, 0.2) is 26.9 Å². The van der Waals surface area contributed by atoms with Crippen LogP contribution in [0.5, 0.6) is 0 Å². The highest BCUT2D eigenvalue weighted by molar-refractivity contribution is 9.10. The van der Waals surface area contributed by atoms with Gasteiger partial charge in [0.2, 0.25) is 5.16 Å². The van der Waals surface area contributed by atoms with Crippen molar-refractivity contribution in [2.45, 2.75) is 29.1 Å². The Bertz CT molecular complexity index is 643. The highest BCUT2D eigenvalue weighted by atomic mass is 79.9. The minimum absolute atomic E-state index is 0.129. The van der Waals surface area contributed by atoms with Crippen LogP contribution < -0.4 is 0 Å². The lowest BCUT2D eigenvalue weighted by Gasteiger charge is -2.05. The maximum atomic E-state index is 11.2. The number of halogens is 1. The summed E-state index contributed by atoms with van der Waals surface area (Å²) in [5, 5.41) is 21.6. The maximum absolute atomic E-state index is 11.2. The molecule has 2 aromatic rings. The maximum Gasteiger partial charge on any atom is 0.338 e. The molecule has 1 aliphatic rings. The summed E-state index contributed by atoms with van der Waals surface area (Å²) in [6, 6.07) is 1.85. The summed E-state index contributed by atoms with van der Waals surface area (Å²) in [4.78, 5) is 15.3. The van der Waals surface area contributed by atoms with Crippen molar-refractivity contribution in [2.75, 3.05) is 0 Å². The van der Waals surface area contributed by atoms with Gasteiger partial charge in [0.05, 0.1) is 11.6 Å². The summed E-state index contributed by atoms with van der Waals surface area (Å²) >= 11 is 4.38. The van der Waals surface area contributed by atoms with Crippen LogP contribution >= 0.6 is 27.7 Å². The fourth-order valence-corrected chi connectivity index (χ4v) is 2.77. The van der Waals surface area contributed by atoms with Crippen LogP contribution in [0, 0.1) is 0 Å². The van der Waals surface area contributed by atoms with Crippen LogP contribution in [0.4, 0.5) is 0 Å². The Labute approximate surface area is 120 Å². The second-order valence-electron chi connectivity index (χ2n) is 4.05. The Kier molecular flexibility index (Phi) is 3.23. The lowest BCUT2D eigenvalue weighted by molar-refractivity contribution is 0.0692. The van der Waals surface area contributed by atoms with E-state index >= 15 is 0 Å². The normalized spacial score (nSPS) is 14.6. The molecule has 1 N–H and O–H groups in total. The van der Waals surface area contributed by atoms with Crippen molar-refractivity contribution in [3.63, 3.8) is 0 Å². The van der Waals surface area contributed by atoms with E-state index in [9.17, 15) is 9.90 Å². The molecule has 1 fully saturated rings. The number of tetrazole rings is 1. The topological polar surface area (TPSA) is 93.8 Å². The van der Waals surface area contributed by atoms with Gasteiger partial charge >= 0.3 is 5.97 Å². The molecule has 0 spiro atoms. The summed E-state index contributed by atoms with van der Waals surface area (Å²) in [5.41, 5.74) is 0.129. The first kappa shape index (κ1) is 12.5. The van der Waals surface area contributed by atoms with Crippen LogP contribution in [0.2, 0.25) is 0 Å². The number of hydrogen-bond donors (Lipinski definition) is 1. The molecule has 0 radical (unpaired) electrons. The molecule has 19 heavy (non-hydrogen) atoms. The van der Waals surface area contributed by atoms with Gasteiger partial charge in [0.15, 0.2) is 0 Å². The van der Waals surface area contributed by atoms with Crippen molar-refractivity contribution in [2.24, 2.45) is 0 Å². The number of carboxylic acid groups (broad SMARTS) is 1. The largest absolute Gasteiger partial charge is 0.478 e. The number of nitrogens with zero attached hydrogens (tertiary/aromatic N) is 5. The van der Waals surface area contributed by atoms with Gasteiger partial charge in [-0.3, -0.25) is 0 Å². The first-order valence-corrected chi connectivity index (χ1v) is 7.10. The van der Waals surface area contributed by atoms with Crippen LogP contribution in [0.1, 0.15) is 29.2 Å². The van der Waals surface area contributed by atoms with E-state index in [1.165, 1.54) is 17.8 Å². The van der Waals surface area contributed by atoms with E-state index in [1.807, 2.05) is 0 Å². The number of carbonyl (C=O) groups is 1. The second-order valence-corrected chi connectivity index (χ2v) is 5.92. The minimum atomic E-state index is -1.03. The van der Waals surface area contributed by atoms with Gasteiger partial charge in [0.25, 0.3) is 0 Å². The van der Waals surface area contributed by atoms with Crippen molar-refractivity contribution < 1.29 is 9.90 Å². The molecule has 9 heteroatoms. The Morgan fingerprint density at radius 1 is 1.53 bits per heavy atom. The SMILES string of the molecule is O=C(O)c1cc(Br)cnc1Sc1nnnn1C1CC1. The number of aromatic nitrogens is 5. The van der Waals surface area contributed by atoms with Crippen molar-refractivity contribution in [3.8, 4) is 0 Å². The second kappa shape index (κ2) is 4.89. The van der Waals surface area contributed by atoms with Crippen LogP contribution in [-0.2, 0) is 0 Å². The van der Waals surface area contributed by atoms with Gasteiger partial charge in [0, 0.05) is 10.7 Å². The summed E-state index contributed by atoms with van der Waals surface area (Å²) in [7, 11) is 0. The number of hydrogen-bond acceptors (Lipinski definition) is 6. The third-order valence-corrected chi connectivity index (χ3v) is 4.00. The molecular weight excluding hydrogens is 334 g/mol. The van der Waals surface area contributed by atoms with E-state index in [1.54, 1.807) is 10.9 Å². The molecule has 2 heterocycles. The number of rotatable bonds is 4. The molecule has 0 aliphatic heterocycles. The number of carboxylic acids is 1. The zero-order valence-electron chi connectivity index (χ0n) is 9.52. The average molecular weight is 342 g/mol. The molecular formula is C10H8BrN5O2S. The summed E-state index contributed by atoms with van der Waals surface area (Å²) < 4.78 is 2.34. The number of aromatic carboxylic acids is 1. The van der Waals surface area contributed by atoms with Gasteiger partial charge in [-0.1, -0.05) is 0 Å². The summed E-state index contributed by atoms with van der Waals surface area (Å²) in [6.07, 6.45) is 3.66. The zero-order valence-corrected chi connectivity index (χ0v) is 11.9. The van der Waals surface area contributed by atoms with E-state index in [4.69, 9.17) is 0 Å². The molecule has 1 saturated carbocycles. The minimum Gasteiger partial charge on any atom is -0.478 e. The van der Waals surface area contributed by atoms with E-state index in [0.717, 1.165) is 12.8 Å². The quantitative estimate of drug-likeness (QED) is 0.908. The lowest BCUT2D eigenvalue weighted by atomic mass is 10.3. The first-order valence-electron chi connectivity index (χ1n) is 5.49. The van der Waals surface area contributed by atoms with Gasteiger partial charge < -0.3 is 5.11 Å². The highest BCUT2D eigenvalue weighted by Crippen LogP contribution is 2.38. The smallest absolute Gasteiger partial charge is 0.338 e. The van der Waals surface area contributed by atoms with E-state index in [-0.39, 0.29) is 5.56 Å². The van der Waals surface area contributed by atoms with Crippen molar-refractivity contribution in [3.05, 3.63) is 22.3 Å². The molecule has 1 aliphatic carbocycles. The van der Waals surface area contributed by atoms with Gasteiger partial charge in [-0.05, 0) is 57.0 Å². The van der Waals surface area contributed by atoms with Crippen LogP contribution in [-0.4, -0.2) is 36.3 Å². The van der Waals surface area contributed by atoms with Crippen LogP contribution in [0.3, 0.4) is 0 Å². The molecule has 0 atom stereocenters. The first-order chi connectivity index (χ1) is 9.15. The molecule has 7 nitrogen and oxygen atoms in total. The van der Waals surface area contributed by atoms with E-state index in [0.29, 0.717) is 20.7 Å². The van der Waals surface area contributed by atoms with Gasteiger partial charge in [0.1, 0.15) is 5.03 Å². The van der Waals surface area contributed by atoms with Crippen LogP contribution in [0.25, 0.3) is 0 Å². The summed E-state index contributed by atoms with van der Waals surface area (Å²) in [6.45, 7) is 0. The fraction of sp³-hybridized carbons (Fsp3) is 0.300. The molecule has 0 unspecified atom stereocenters. The highest BCUT2D eigenvalue weighted by Gasteiger charge is 2.28. The van der Waals surface area contributed by atoms with Crippen molar-refractivity contribution >= 4 is 33.7 Å². The molecule has 3 rings (SSSR count). The van der Waals surface area contributed by atoms with E-state index < -0.39 is 5.97 Å². The lowest BCUT2D eigenvalue weighted by Crippen LogP contribution is -2.03. The van der Waals surface area contributed by atoms with Gasteiger partial charge in [-0.15, -0.1) is 5.10 Å². The Balaban J connectivity index is 1.94. The predicted molar refractivity (Wildman–Crippen MR) is 69.1 cm³/mol. The molecule has 0 amide bonds. The molecule has 0 aromatic carbocycles. The molecule has 0 saturated heterocycles. The average Bonchev–Trinajstić information content (AvgIpc) is 3.12. The Morgan fingerprint density at radius 2 is 2.32 bits per heavy atom. The number of pyridine rings is 1. The van der Waals surface area contributed by atoms with Gasteiger partial charge in [-0.2, -0.15) is 0 Å².